The van der Waals surface area contributed by atoms with Crippen LogP contribution in [0.15, 0.2) is 46.9 Å². The van der Waals surface area contributed by atoms with E-state index in [1.54, 1.807) is 49.6 Å². The molecule has 1 N–H and O–H groups in total. The number of anilines is 1. The highest BCUT2D eigenvalue weighted by Gasteiger charge is 2.21. The van der Waals surface area contributed by atoms with Gasteiger partial charge >= 0.3 is 0 Å². The van der Waals surface area contributed by atoms with Crippen molar-refractivity contribution in [3.05, 3.63) is 52.5 Å². The lowest BCUT2D eigenvalue weighted by Crippen LogP contribution is -2.41. The third kappa shape index (κ3) is 6.42. The van der Waals surface area contributed by atoms with E-state index in [9.17, 15) is 13.2 Å². The summed E-state index contributed by atoms with van der Waals surface area (Å²) in [6.07, 6.45) is 1.07. The third-order valence-electron chi connectivity index (χ3n) is 3.85. The number of carbonyl (C=O) groups is 1. The van der Waals surface area contributed by atoms with Crippen LogP contribution in [0.3, 0.4) is 0 Å². The van der Waals surface area contributed by atoms with Crippen LogP contribution in [0, 0.1) is 6.92 Å². The topological polar surface area (TPSA) is 84.9 Å². The highest BCUT2D eigenvalue weighted by atomic mass is 79.9. The molecule has 0 saturated carbocycles. The number of nitrogens with one attached hydrogen (secondary N) is 1. The predicted octanol–water partition coefficient (Wildman–Crippen LogP) is 2.73. The molecular weight excluding hydrogens is 448 g/mol. The molecule has 7 nitrogen and oxygen atoms in total. The molecule has 0 radical (unpaired) electrons. The summed E-state index contributed by atoms with van der Waals surface area (Å²) in [7, 11) is -2.04. The zero-order valence-electron chi connectivity index (χ0n) is 15.9. The van der Waals surface area contributed by atoms with Gasteiger partial charge in [-0.05, 0) is 42.8 Å². The van der Waals surface area contributed by atoms with Crippen molar-refractivity contribution in [1.29, 1.82) is 0 Å². The van der Waals surface area contributed by atoms with Crippen LogP contribution >= 0.6 is 15.9 Å². The van der Waals surface area contributed by atoms with E-state index in [-0.39, 0.29) is 19.7 Å². The lowest BCUT2D eigenvalue weighted by molar-refractivity contribution is -0.119. The minimum atomic E-state index is -3.61. The molecule has 9 heteroatoms. The van der Waals surface area contributed by atoms with E-state index in [4.69, 9.17) is 9.47 Å². The van der Waals surface area contributed by atoms with E-state index in [0.29, 0.717) is 17.2 Å². The Morgan fingerprint density at radius 3 is 2.54 bits per heavy atom. The van der Waals surface area contributed by atoms with Gasteiger partial charge in [0.05, 0.1) is 25.6 Å². The van der Waals surface area contributed by atoms with Crippen LogP contribution in [0.5, 0.6) is 11.5 Å². The van der Waals surface area contributed by atoms with Crippen LogP contribution in [-0.2, 0) is 14.8 Å². The predicted molar refractivity (Wildman–Crippen MR) is 113 cm³/mol. The maximum atomic E-state index is 12.2. The fourth-order valence-electron chi connectivity index (χ4n) is 2.42. The van der Waals surface area contributed by atoms with Gasteiger partial charge in [-0.3, -0.25) is 9.10 Å². The Morgan fingerprint density at radius 1 is 1.18 bits per heavy atom. The number of nitrogens with zero attached hydrogens (tertiary/aromatic N) is 1. The van der Waals surface area contributed by atoms with Crippen molar-refractivity contribution in [1.82, 2.24) is 5.32 Å². The molecule has 0 aliphatic heterocycles. The lowest BCUT2D eigenvalue weighted by Gasteiger charge is -2.22. The van der Waals surface area contributed by atoms with E-state index < -0.39 is 15.9 Å². The van der Waals surface area contributed by atoms with Crippen LogP contribution in [-0.4, -0.2) is 47.4 Å². The van der Waals surface area contributed by atoms with Crippen molar-refractivity contribution < 1.29 is 22.7 Å². The standard InChI is InChI=1S/C19H23BrN2O5S/c1-14-11-15(7-8-18(14)20)22(28(3,24)25)13-19(23)21-9-10-27-17-6-4-5-16(12-17)26-2/h4-8,11-12H,9-10,13H2,1-3H3,(H,21,23). The number of sulfonamides is 1. The van der Waals surface area contributed by atoms with Crippen LogP contribution in [0.4, 0.5) is 5.69 Å². The van der Waals surface area contributed by atoms with Gasteiger partial charge < -0.3 is 14.8 Å². The fraction of sp³-hybridized carbons (Fsp3) is 0.316. The van der Waals surface area contributed by atoms with Gasteiger partial charge in [-0.1, -0.05) is 22.0 Å². The summed E-state index contributed by atoms with van der Waals surface area (Å²) in [5, 5.41) is 2.67. The fourth-order valence-corrected chi connectivity index (χ4v) is 3.52. The third-order valence-corrected chi connectivity index (χ3v) is 5.88. The van der Waals surface area contributed by atoms with Crippen molar-refractivity contribution >= 4 is 37.5 Å². The molecule has 0 spiro atoms. The quantitative estimate of drug-likeness (QED) is 0.569. The molecule has 1 amide bonds. The zero-order valence-corrected chi connectivity index (χ0v) is 18.3. The maximum absolute atomic E-state index is 12.2. The Labute approximate surface area is 173 Å². The Balaban J connectivity index is 1.92. The van der Waals surface area contributed by atoms with Gasteiger partial charge in [-0.2, -0.15) is 0 Å². The SMILES string of the molecule is COc1cccc(OCCNC(=O)CN(c2ccc(Br)c(C)c2)S(C)(=O)=O)c1. The number of benzene rings is 2. The molecule has 0 fully saturated rings. The van der Waals surface area contributed by atoms with Gasteiger partial charge in [-0.25, -0.2) is 8.42 Å². The van der Waals surface area contributed by atoms with Crippen molar-refractivity contribution in [2.45, 2.75) is 6.92 Å². The minimum Gasteiger partial charge on any atom is -0.497 e. The highest BCUT2D eigenvalue weighted by molar-refractivity contribution is 9.10. The first kappa shape index (κ1) is 22.0. The first-order chi connectivity index (χ1) is 13.2. The van der Waals surface area contributed by atoms with Crippen LogP contribution in [0.25, 0.3) is 0 Å². The summed E-state index contributed by atoms with van der Waals surface area (Å²) in [5.74, 6) is 0.882. The number of amides is 1. The van der Waals surface area contributed by atoms with Gasteiger partial charge in [-0.15, -0.1) is 0 Å². The number of aryl methyl sites for hydroxylation is 1. The summed E-state index contributed by atoms with van der Waals surface area (Å²) in [5.41, 5.74) is 1.31. The summed E-state index contributed by atoms with van der Waals surface area (Å²) in [4.78, 5) is 12.2. The monoisotopic (exact) mass is 470 g/mol. The zero-order chi connectivity index (χ0) is 20.7. The highest BCUT2D eigenvalue weighted by Crippen LogP contribution is 2.24. The van der Waals surface area contributed by atoms with Crippen LogP contribution in [0.2, 0.25) is 0 Å². The van der Waals surface area contributed by atoms with Crippen LogP contribution < -0.4 is 19.1 Å². The van der Waals surface area contributed by atoms with Gasteiger partial charge in [0.15, 0.2) is 0 Å². The number of rotatable bonds is 9. The van der Waals surface area contributed by atoms with E-state index >= 15 is 0 Å². The minimum absolute atomic E-state index is 0.243. The average molecular weight is 471 g/mol. The van der Waals surface area contributed by atoms with Crippen molar-refractivity contribution in [2.24, 2.45) is 0 Å². The number of hydrogen-bond donors (Lipinski definition) is 1. The molecule has 28 heavy (non-hydrogen) atoms. The van der Waals surface area contributed by atoms with Crippen molar-refractivity contribution in [3.8, 4) is 11.5 Å². The van der Waals surface area contributed by atoms with E-state index in [1.165, 1.54) is 0 Å². The molecular formula is C19H23BrN2O5S. The summed E-state index contributed by atoms with van der Waals surface area (Å²) < 4.78 is 36.9. The second-order valence-electron chi connectivity index (χ2n) is 6.08. The first-order valence-corrected chi connectivity index (χ1v) is 11.1. The average Bonchev–Trinajstić information content (AvgIpc) is 2.65. The Morgan fingerprint density at radius 2 is 1.89 bits per heavy atom. The Bertz CT molecular complexity index is 934. The summed E-state index contributed by atoms with van der Waals surface area (Å²) >= 11 is 3.38. The molecule has 2 aromatic carbocycles. The largest absolute Gasteiger partial charge is 0.497 e. The Kier molecular flexibility index (Phi) is 7.70. The molecule has 0 aromatic heterocycles. The summed E-state index contributed by atoms with van der Waals surface area (Å²) in [6.45, 7) is 2.03. The van der Waals surface area contributed by atoms with Crippen LogP contribution in [0.1, 0.15) is 5.56 Å². The summed E-state index contributed by atoms with van der Waals surface area (Å²) in [6, 6.07) is 12.2. The van der Waals surface area contributed by atoms with Gasteiger partial charge in [0.25, 0.3) is 0 Å². The molecule has 0 aliphatic carbocycles. The lowest BCUT2D eigenvalue weighted by atomic mass is 10.2. The van der Waals surface area contributed by atoms with Crippen molar-refractivity contribution in [2.75, 3.05) is 37.4 Å². The Hall–Kier alpha value is -2.26. The molecule has 152 valence electrons. The second-order valence-corrected chi connectivity index (χ2v) is 8.84. The molecule has 0 atom stereocenters. The number of carbonyl (C=O) groups excluding carboxylic acids is 1. The van der Waals surface area contributed by atoms with E-state index in [1.807, 2.05) is 6.92 Å². The molecule has 0 saturated heterocycles. The first-order valence-electron chi connectivity index (χ1n) is 8.48. The molecule has 2 aromatic rings. The number of hydrogen-bond acceptors (Lipinski definition) is 5. The maximum Gasteiger partial charge on any atom is 0.240 e. The molecule has 0 unspecified atom stereocenters. The van der Waals surface area contributed by atoms with E-state index in [2.05, 4.69) is 21.2 Å². The second kappa shape index (κ2) is 9.79. The molecule has 2 rings (SSSR count). The van der Waals surface area contributed by atoms with Gasteiger partial charge in [0.2, 0.25) is 15.9 Å². The van der Waals surface area contributed by atoms with Crippen molar-refractivity contribution in [3.63, 3.8) is 0 Å². The molecule has 0 aliphatic rings. The van der Waals surface area contributed by atoms with Gasteiger partial charge in [0, 0.05) is 10.5 Å². The molecule has 0 heterocycles. The molecule has 0 bridgehead atoms. The van der Waals surface area contributed by atoms with E-state index in [0.717, 1.165) is 20.6 Å². The van der Waals surface area contributed by atoms with Gasteiger partial charge in [0.1, 0.15) is 24.7 Å². The number of halogens is 1. The normalized spacial score (nSPS) is 11.0. The smallest absolute Gasteiger partial charge is 0.240 e. The number of ether oxygens (including phenoxy) is 2. The number of methoxy groups -OCH3 is 1.